The molecule has 0 unspecified atom stereocenters. The zero-order valence-corrected chi connectivity index (χ0v) is 13.2. The minimum atomic E-state index is -0.693. The summed E-state index contributed by atoms with van der Waals surface area (Å²) in [4.78, 5) is 27.1. The van der Waals surface area contributed by atoms with E-state index in [9.17, 15) is 9.59 Å². The average Bonchev–Trinajstić information content (AvgIpc) is 3.16. The van der Waals surface area contributed by atoms with Gasteiger partial charge in [-0.15, -0.1) is 0 Å². The molecule has 1 amide bonds. The lowest BCUT2D eigenvalue weighted by Gasteiger charge is -2.22. The largest absolute Gasteiger partial charge is 0.466 e. The van der Waals surface area contributed by atoms with Gasteiger partial charge in [0, 0.05) is 5.69 Å². The number of fused-ring (bicyclic) bond motifs is 1. The van der Waals surface area contributed by atoms with Crippen LogP contribution >= 0.6 is 0 Å². The monoisotopic (exact) mass is 313 g/mol. The van der Waals surface area contributed by atoms with E-state index >= 15 is 0 Å². The predicted octanol–water partition coefficient (Wildman–Crippen LogP) is 1.84. The molecule has 1 spiro atoms. The summed E-state index contributed by atoms with van der Waals surface area (Å²) in [6, 6.07) is 7.77. The molecule has 0 N–H and O–H groups in total. The lowest BCUT2D eigenvalue weighted by atomic mass is 9.77. The number of hydrogen-bond acceptors (Lipinski definition) is 4. The minimum Gasteiger partial charge on any atom is -0.466 e. The quantitative estimate of drug-likeness (QED) is 0.631. The zero-order chi connectivity index (χ0) is 16.2. The molecule has 2 saturated heterocycles. The van der Waals surface area contributed by atoms with Gasteiger partial charge >= 0.3 is 5.97 Å². The Bertz CT molecular complexity index is 713. The molecular weight excluding hydrogens is 294 g/mol. The van der Waals surface area contributed by atoms with Gasteiger partial charge in [0.25, 0.3) is 0 Å². The summed E-state index contributed by atoms with van der Waals surface area (Å²) in [5.41, 5.74) is 1.22. The minimum absolute atomic E-state index is 0.0517. The number of anilines is 1. The van der Waals surface area contributed by atoms with Crippen molar-refractivity contribution in [1.29, 1.82) is 0 Å². The summed E-state index contributed by atoms with van der Waals surface area (Å²) in [6.45, 7) is 4.50. The fraction of sp³-hybridized carbons (Fsp3) is 0.444. The first kappa shape index (κ1) is 14.5. The van der Waals surface area contributed by atoms with Crippen molar-refractivity contribution in [3.8, 4) is 0 Å². The molecule has 0 saturated carbocycles. The number of aryl methyl sites for hydroxylation is 1. The van der Waals surface area contributed by atoms with Crippen molar-refractivity contribution in [3.05, 3.63) is 42.0 Å². The molecule has 0 radical (unpaired) electrons. The Morgan fingerprint density at radius 2 is 2.22 bits per heavy atom. The van der Waals surface area contributed by atoms with Crippen molar-refractivity contribution in [3.63, 3.8) is 0 Å². The number of amides is 1. The molecule has 0 aromatic heterocycles. The van der Waals surface area contributed by atoms with Crippen molar-refractivity contribution in [2.75, 3.05) is 18.1 Å². The van der Waals surface area contributed by atoms with Crippen LogP contribution in [-0.4, -0.2) is 36.7 Å². The van der Waals surface area contributed by atoms with Gasteiger partial charge < -0.3 is 14.4 Å². The van der Waals surface area contributed by atoms with E-state index < -0.39 is 17.4 Å². The Hall–Kier alpha value is -2.14. The zero-order valence-electron chi connectivity index (χ0n) is 13.2. The fourth-order valence-electron chi connectivity index (χ4n) is 4.08. The molecule has 1 aromatic carbocycles. The lowest BCUT2D eigenvalue weighted by Crippen LogP contribution is -2.40. The highest BCUT2D eigenvalue weighted by atomic mass is 16.6. The topological polar surface area (TPSA) is 55.8 Å². The van der Waals surface area contributed by atoms with Crippen LogP contribution in [-0.2, 0) is 19.1 Å². The summed E-state index contributed by atoms with van der Waals surface area (Å²) >= 11 is 0. The average molecular weight is 313 g/mol. The Balaban J connectivity index is 1.71. The molecule has 23 heavy (non-hydrogen) atoms. The van der Waals surface area contributed by atoms with Gasteiger partial charge in [-0.2, -0.15) is 0 Å². The van der Waals surface area contributed by atoms with Crippen LogP contribution in [0.1, 0.15) is 12.5 Å². The number of para-hydroxylation sites is 1. The van der Waals surface area contributed by atoms with Gasteiger partial charge in [0.15, 0.2) is 0 Å². The van der Waals surface area contributed by atoms with Crippen molar-refractivity contribution >= 4 is 17.6 Å². The summed E-state index contributed by atoms with van der Waals surface area (Å²) in [7, 11) is 0. The maximum Gasteiger partial charge on any atom is 0.312 e. The van der Waals surface area contributed by atoms with E-state index in [1.54, 1.807) is 11.8 Å². The number of hydrogen-bond donors (Lipinski definition) is 0. The Labute approximate surface area is 134 Å². The Morgan fingerprint density at radius 3 is 2.96 bits per heavy atom. The number of esters is 1. The van der Waals surface area contributed by atoms with Gasteiger partial charge in [0.2, 0.25) is 5.91 Å². The number of ether oxygens (including phenoxy) is 2. The SMILES string of the molecule is CCOC(=O)[C@H]1[C@@H]2C=C[C@@]3(CN(c4ccccc4C)C(=O)[C@H]13)O2. The second-order valence-electron chi connectivity index (χ2n) is 6.36. The lowest BCUT2D eigenvalue weighted by molar-refractivity contribution is -0.151. The summed E-state index contributed by atoms with van der Waals surface area (Å²) < 4.78 is 11.2. The van der Waals surface area contributed by atoms with Crippen molar-refractivity contribution in [2.45, 2.75) is 25.6 Å². The highest BCUT2D eigenvalue weighted by Gasteiger charge is 2.67. The van der Waals surface area contributed by atoms with Crippen LogP contribution in [0.5, 0.6) is 0 Å². The van der Waals surface area contributed by atoms with Crippen LogP contribution in [0.2, 0.25) is 0 Å². The molecule has 3 aliphatic heterocycles. The van der Waals surface area contributed by atoms with Crippen molar-refractivity contribution in [2.24, 2.45) is 11.8 Å². The number of nitrogens with zero attached hydrogens (tertiary/aromatic N) is 1. The molecule has 3 aliphatic rings. The third-order valence-electron chi connectivity index (χ3n) is 5.07. The van der Waals surface area contributed by atoms with E-state index in [1.807, 2.05) is 43.3 Å². The molecule has 3 heterocycles. The standard InChI is InChI=1S/C18H19NO4/c1-3-22-17(21)14-13-8-9-18(23-13)10-19(16(20)15(14)18)12-7-5-4-6-11(12)2/h4-9,13-15H,3,10H2,1-2H3/t13-,14-,15-,18-/m0/s1. The van der Waals surface area contributed by atoms with Gasteiger partial charge in [0.05, 0.1) is 25.2 Å². The van der Waals surface area contributed by atoms with Crippen LogP contribution < -0.4 is 4.90 Å². The van der Waals surface area contributed by atoms with Gasteiger partial charge in [-0.3, -0.25) is 9.59 Å². The Morgan fingerprint density at radius 1 is 1.43 bits per heavy atom. The molecule has 0 aliphatic carbocycles. The molecule has 2 bridgehead atoms. The molecule has 4 rings (SSSR count). The fourth-order valence-corrected chi connectivity index (χ4v) is 4.08. The van der Waals surface area contributed by atoms with Gasteiger partial charge in [-0.1, -0.05) is 30.4 Å². The van der Waals surface area contributed by atoms with Gasteiger partial charge in [-0.05, 0) is 25.5 Å². The highest BCUT2D eigenvalue weighted by Crippen LogP contribution is 2.53. The molecule has 1 aromatic rings. The van der Waals surface area contributed by atoms with E-state index in [2.05, 4.69) is 0 Å². The second kappa shape index (κ2) is 4.93. The number of benzene rings is 1. The van der Waals surface area contributed by atoms with E-state index in [0.29, 0.717) is 13.2 Å². The summed E-state index contributed by atoms with van der Waals surface area (Å²) in [5.74, 6) is -1.42. The predicted molar refractivity (Wildman–Crippen MR) is 83.9 cm³/mol. The molecule has 5 nitrogen and oxygen atoms in total. The number of carbonyl (C=O) groups is 2. The van der Waals surface area contributed by atoms with Crippen LogP contribution in [0, 0.1) is 18.8 Å². The van der Waals surface area contributed by atoms with E-state index in [0.717, 1.165) is 11.3 Å². The maximum atomic E-state index is 13.0. The molecular formula is C18H19NO4. The highest BCUT2D eigenvalue weighted by molar-refractivity contribution is 6.03. The van der Waals surface area contributed by atoms with Gasteiger partial charge in [-0.25, -0.2) is 0 Å². The smallest absolute Gasteiger partial charge is 0.312 e. The van der Waals surface area contributed by atoms with Crippen LogP contribution in [0.15, 0.2) is 36.4 Å². The first-order chi connectivity index (χ1) is 11.1. The van der Waals surface area contributed by atoms with Crippen LogP contribution in [0.25, 0.3) is 0 Å². The number of carbonyl (C=O) groups excluding carboxylic acids is 2. The first-order valence-corrected chi connectivity index (χ1v) is 7.98. The maximum absolute atomic E-state index is 13.0. The molecule has 120 valence electrons. The third kappa shape index (κ3) is 1.89. The normalized spacial score (nSPS) is 34.1. The molecule has 2 fully saturated rings. The van der Waals surface area contributed by atoms with Crippen LogP contribution in [0.3, 0.4) is 0 Å². The van der Waals surface area contributed by atoms with Crippen LogP contribution in [0.4, 0.5) is 5.69 Å². The Kier molecular flexibility index (Phi) is 3.10. The second-order valence-corrected chi connectivity index (χ2v) is 6.36. The van der Waals surface area contributed by atoms with Crippen molar-refractivity contribution in [1.82, 2.24) is 0 Å². The van der Waals surface area contributed by atoms with Crippen molar-refractivity contribution < 1.29 is 19.1 Å². The van der Waals surface area contributed by atoms with E-state index in [4.69, 9.17) is 9.47 Å². The molecule has 4 atom stereocenters. The summed E-state index contributed by atoms with van der Waals surface area (Å²) in [5, 5.41) is 0. The number of rotatable bonds is 3. The van der Waals surface area contributed by atoms with E-state index in [1.165, 1.54) is 0 Å². The molecule has 5 heteroatoms. The first-order valence-electron chi connectivity index (χ1n) is 7.98. The third-order valence-corrected chi connectivity index (χ3v) is 5.07. The van der Waals surface area contributed by atoms with Gasteiger partial charge in [0.1, 0.15) is 11.5 Å². The summed E-state index contributed by atoms with van der Waals surface area (Å²) in [6.07, 6.45) is 3.50. The van der Waals surface area contributed by atoms with E-state index in [-0.39, 0.29) is 18.0 Å².